The van der Waals surface area contributed by atoms with Gasteiger partial charge in [-0.25, -0.2) is 4.68 Å². The molecule has 0 saturated carbocycles. The molecule has 0 spiro atoms. The molecule has 1 aromatic heterocycles. The lowest BCUT2D eigenvalue weighted by molar-refractivity contribution is -0.385. The lowest BCUT2D eigenvalue weighted by atomic mass is 10.4. The number of rotatable bonds is 7. The summed E-state index contributed by atoms with van der Waals surface area (Å²) in [6, 6.07) is 0.993. The van der Waals surface area contributed by atoms with Gasteiger partial charge in [-0.1, -0.05) is 19.6 Å². The molecule has 0 fully saturated rings. The van der Waals surface area contributed by atoms with Crippen LogP contribution in [0.3, 0.4) is 0 Å². The number of hydrogen-bond acceptors (Lipinski definition) is 5. The Balaban J connectivity index is 2.58. The summed E-state index contributed by atoms with van der Waals surface area (Å²) in [6.07, 6.45) is 1.48. The first-order valence-electron chi connectivity index (χ1n) is 5.58. The maximum Gasteiger partial charge on any atom is 0.317 e. The van der Waals surface area contributed by atoms with E-state index in [-0.39, 0.29) is 18.1 Å². The highest BCUT2D eigenvalue weighted by Gasteiger charge is 2.20. The van der Waals surface area contributed by atoms with E-state index < -0.39 is 13.0 Å². The molecule has 1 heterocycles. The summed E-state index contributed by atoms with van der Waals surface area (Å²) in [7, 11) is -1.16. The molecule has 8 heteroatoms. The van der Waals surface area contributed by atoms with Crippen LogP contribution in [0.5, 0.6) is 0 Å². The maximum absolute atomic E-state index is 10.8. The predicted octanol–water partition coefficient (Wildman–Crippen LogP) is 1.92. The van der Waals surface area contributed by atoms with Crippen molar-refractivity contribution in [3.63, 3.8) is 0 Å². The van der Waals surface area contributed by atoms with E-state index in [1.807, 2.05) is 0 Å². The number of carbonyl (C=O) groups excluding carboxylic acids is 1. The van der Waals surface area contributed by atoms with Crippen molar-refractivity contribution in [2.24, 2.45) is 0 Å². The van der Waals surface area contributed by atoms with Gasteiger partial charge in [0.05, 0.1) is 4.92 Å². The van der Waals surface area contributed by atoms with Gasteiger partial charge in [-0.15, -0.1) is 0 Å². The maximum atomic E-state index is 10.8. The van der Waals surface area contributed by atoms with Crippen LogP contribution in [0, 0.1) is 10.1 Å². The third-order valence-corrected chi connectivity index (χ3v) is 4.08. The van der Waals surface area contributed by atoms with Gasteiger partial charge in [-0.05, 0) is 6.04 Å². The SMILES string of the molecule is C[Si](C)(C)CCOCn1ncc([N+](=O)[O-])c1C=O. The lowest BCUT2D eigenvalue weighted by Crippen LogP contribution is -2.22. The quantitative estimate of drug-likeness (QED) is 0.248. The summed E-state index contributed by atoms with van der Waals surface area (Å²) in [6.45, 7) is 7.32. The molecule has 7 nitrogen and oxygen atoms in total. The van der Waals surface area contributed by atoms with Gasteiger partial charge in [0.25, 0.3) is 0 Å². The van der Waals surface area contributed by atoms with Gasteiger partial charge in [0.1, 0.15) is 12.9 Å². The Hall–Kier alpha value is -1.54. The molecule has 1 rings (SSSR count). The van der Waals surface area contributed by atoms with Crippen LogP contribution in [0.25, 0.3) is 0 Å². The monoisotopic (exact) mass is 271 g/mol. The van der Waals surface area contributed by atoms with Crippen LogP contribution in [-0.2, 0) is 11.5 Å². The van der Waals surface area contributed by atoms with Gasteiger partial charge < -0.3 is 4.74 Å². The topological polar surface area (TPSA) is 87.3 Å². The highest BCUT2D eigenvalue weighted by Crippen LogP contribution is 2.15. The van der Waals surface area contributed by atoms with Gasteiger partial charge in [-0.2, -0.15) is 5.10 Å². The zero-order chi connectivity index (χ0) is 13.8. The van der Waals surface area contributed by atoms with E-state index >= 15 is 0 Å². The fourth-order valence-electron chi connectivity index (χ4n) is 1.28. The highest BCUT2D eigenvalue weighted by molar-refractivity contribution is 6.76. The van der Waals surface area contributed by atoms with Crippen LogP contribution in [0.2, 0.25) is 25.7 Å². The highest BCUT2D eigenvalue weighted by atomic mass is 28.3. The van der Waals surface area contributed by atoms with Crippen LogP contribution in [0.4, 0.5) is 5.69 Å². The molecule has 0 aliphatic rings. The molecule has 0 amide bonds. The summed E-state index contributed by atoms with van der Waals surface area (Å²) < 4.78 is 6.59. The molecular formula is C10H17N3O4Si. The number of aromatic nitrogens is 2. The summed E-state index contributed by atoms with van der Waals surface area (Å²) in [4.78, 5) is 20.8. The average Bonchev–Trinajstić information content (AvgIpc) is 2.66. The lowest BCUT2D eigenvalue weighted by Gasteiger charge is -2.15. The van der Waals surface area contributed by atoms with E-state index in [0.29, 0.717) is 12.9 Å². The molecule has 0 saturated heterocycles. The van der Waals surface area contributed by atoms with E-state index in [1.165, 1.54) is 4.68 Å². The Kier molecular flexibility index (Phi) is 4.74. The second-order valence-corrected chi connectivity index (χ2v) is 10.8. The van der Waals surface area contributed by atoms with Gasteiger partial charge in [0.2, 0.25) is 0 Å². The third kappa shape index (κ3) is 4.04. The summed E-state index contributed by atoms with van der Waals surface area (Å²) >= 11 is 0. The second kappa shape index (κ2) is 5.87. The minimum Gasteiger partial charge on any atom is -0.360 e. The first-order valence-corrected chi connectivity index (χ1v) is 9.29. The number of carbonyl (C=O) groups is 1. The number of ether oxygens (including phenoxy) is 1. The van der Waals surface area contributed by atoms with Crippen LogP contribution in [0.15, 0.2) is 6.20 Å². The van der Waals surface area contributed by atoms with E-state index in [2.05, 4.69) is 24.7 Å². The van der Waals surface area contributed by atoms with Crippen LogP contribution in [0.1, 0.15) is 10.5 Å². The Morgan fingerprint density at radius 3 is 2.72 bits per heavy atom. The Bertz CT molecular complexity index is 439. The van der Waals surface area contributed by atoms with Crippen molar-refractivity contribution >= 4 is 20.0 Å². The van der Waals surface area contributed by atoms with Crippen molar-refractivity contribution in [3.05, 3.63) is 22.0 Å². The fraction of sp³-hybridized carbons (Fsp3) is 0.600. The van der Waals surface area contributed by atoms with E-state index in [0.717, 1.165) is 12.2 Å². The fourth-order valence-corrected chi connectivity index (χ4v) is 2.04. The molecule has 0 aliphatic heterocycles. The number of nitro groups is 1. The Labute approximate surface area is 106 Å². The Morgan fingerprint density at radius 2 is 2.22 bits per heavy atom. The van der Waals surface area contributed by atoms with Crippen molar-refractivity contribution in [1.82, 2.24) is 9.78 Å². The van der Waals surface area contributed by atoms with E-state index in [4.69, 9.17) is 4.74 Å². The first-order chi connectivity index (χ1) is 8.35. The zero-order valence-corrected chi connectivity index (χ0v) is 11.8. The minimum absolute atomic E-state index is 0.0619. The van der Waals surface area contributed by atoms with Gasteiger partial charge in [-0.3, -0.25) is 14.9 Å². The van der Waals surface area contributed by atoms with Crippen LogP contribution < -0.4 is 0 Å². The van der Waals surface area contributed by atoms with Crippen molar-refractivity contribution in [2.45, 2.75) is 32.4 Å². The predicted molar refractivity (Wildman–Crippen MR) is 68.4 cm³/mol. The van der Waals surface area contributed by atoms with Crippen molar-refractivity contribution < 1.29 is 14.5 Å². The zero-order valence-electron chi connectivity index (χ0n) is 10.8. The molecule has 1 aromatic rings. The van der Waals surface area contributed by atoms with E-state index in [9.17, 15) is 14.9 Å². The summed E-state index contributed by atoms with van der Waals surface area (Å²) in [5, 5.41) is 14.4. The minimum atomic E-state index is -1.16. The molecule has 0 aliphatic carbocycles. The number of hydrogen-bond donors (Lipinski definition) is 0. The largest absolute Gasteiger partial charge is 0.360 e. The van der Waals surface area contributed by atoms with E-state index in [1.54, 1.807) is 0 Å². The molecule has 0 N–H and O–H groups in total. The van der Waals surface area contributed by atoms with Gasteiger partial charge in [0.15, 0.2) is 12.0 Å². The molecule has 100 valence electrons. The molecule has 0 radical (unpaired) electrons. The second-order valence-electron chi connectivity index (χ2n) is 5.14. The standard InChI is InChI=1S/C10H17N3O4Si/c1-18(2,3)5-4-17-8-12-10(7-14)9(6-11-12)13(15)16/h6-7H,4-5,8H2,1-3H3. The van der Waals surface area contributed by atoms with Crippen molar-refractivity contribution in [3.8, 4) is 0 Å². The summed E-state index contributed by atoms with van der Waals surface area (Å²) in [5.41, 5.74) is -0.355. The first kappa shape index (κ1) is 14.5. The summed E-state index contributed by atoms with van der Waals surface area (Å²) in [5.74, 6) is 0. The Morgan fingerprint density at radius 1 is 1.56 bits per heavy atom. The molecular weight excluding hydrogens is 254 g/mol. The smallest absolute Gasteiger partial charge is 0.317 e. The molecule has 0 bridgehead atoms. The van der Waals surface area contributed by atoms with Crippen molar-refractivity contribution in [1.29, 1.82) is 0 Å². The number of aldehydes is 1. The van der Waals surface area contributed by atoms with Crippen LogP contribution in [-0.4, -0.2) is 35.7 Å². The average molecular weight is 271 g/mol. The molecule has 0 unspecified atom stereocenters. The van der Waals surface area contributed by atoms with Gasteiger partial charge >= 0.3 is 5.69 Å². The normalized spacial score (nSPS) is 11.5. The molecule has 18 heavy (non-hydrogen) atoms. The number of nitrogens with zero attached hydrogens (tertiary/aromatic N) is 3. The molecule has 0 atom stereocenters. The third-order valence-electron chi connectivity index (χ3n) is 2.38. The van der Waals surface area contributed by atoms with Crippen molar-refractivity contribution in [2.75, 3.05) is 6.61 Å². The van der Waals surface area contributed by atoms with Gasteiger partial charge in [0, 0.05) is 14.7 Å². The molecule has 0 aromatic carbocycles. The van der Waals surface area contributed by atoms with Crippen LogP contribution >= 0.6 is 0 Å².